The van der Waals surface area contributed by atoms with Gasteiger partial charge in [0.2, 0.25) is 0 Å². The first-order chi connectivity index (χ1) is 14.9. The Kier molecular flexibility index (Phi) is 5.34. The second kappa shape index (κ2) is 8.02. The van der Waals surface area contributed by atoms with Crippen molar-refractivity contribution >= 4 is 20.9 Å². The van der Waals surface area contributed by atoms with Gasteiger partial charge in [-0.1, -0.05) is 18.2 Å². The standard InChI is InChI=1S/C24H30N4O2S/c1-16(20-8-7-19-5-3-4-6-21(19)12-20)25-13-18-11-23-17(2)27-28(24(23)26-14-18)22-9-10-31(29,30)15-22/h7-8,11-12,14,16,22,25H,3-6,9-10,13,15H2,1-2H3/t16-,22-/m1/s1. The number of nitrogens with zero attached hydrogens (tertiary/aromatic N) is 3. The lowest BCUT2D eigenvalue weighted by Gasteiger charge is -2.20. The number of sulfone groups is 1. The molecule has 2 atom stereocenters. The normalized spacial score (nSPS) is 21.3. The quantitative estimate of drug-likeness (QED) is 0.655. The Labute approximate surface area is 184 Å². The van der Waals surface area contributed by atoms with Gasteiger partial charge in [0.1, 0.15) is 0 Å². The Hall–Kier alpha value is -2.25. The van der Waals surface area contributed by atoms with E-state index in [-0.39, 0.29) is 23.6 Å². The number of rotatable bonds is 5. The average molecular weight is 439 g/mol. The maximum absolute atomic E-state index is 11.9. The molecule has 1 aliphatic carbocycles. The molecule has 0 spiro atoms. The van der Waals surface area contributed by atoms with Crippen molar-refractivity contribution in [3.63, 3.8) is 0 Å². The number of pyridine rings is 1. The van der Waals surface area contributed by atoms with E-state index in [2.05, 4.69) is 46.6 Å². The van der Waals surface area contributed by atoms with E-state index in [0.717, 1.165) is 28.8 Å². The van der Waals surface area contributed by atoms with Gasteiger partial charge in [0.15, 0.2) is 15.5 Å². The Balaban J connectivity index is 1.31. The maximum atomic E-state index is 11.9. The molecule has 1 fully saturated rings. The second-order valence-corrected chi connectivity index (χ2v) is 11.4. The summed E-state index contributed by atoms with van der Waals surface area (Å²) in [6.45, 7) is 4.90. The molecule has 0 radical (unpaired) electrons. The number of aryl methyl sites for hydroxylation is 3. The number of aromatic nitrogens is 3. The third-order valence-electron chi connectivity index (χ3n) is 6.83. The molecule has 0 bridgehead atoms. The number of hydrogen-bond donors (Lipinski definition) is 1. The van der Waals surface area contributed by atoms with E-state index in [1.54, 1.807) is 0 Å². The summed E-state index contributed by atoms with van der Waals surface area (Å²) in [7, 11) is -2.96. The molecule has 2 aliphatic rings. The first-order valence-electron chi connectivity index (χ1n) is 11.3. The van der Waals surface area contributed by atoms with Crippen LogP contribution in [0.15, 0.2) is 30.5 Å². The predicted molar refractivity (Wildman–Crippen MR) is 123 cm³/mol. The Morgan fingerprint density at radius 3 is 2.77 bits per heavy atom. The van der Waals surface area contributed by atoms with Gasteiger partial charge in [-0.25, -0.2) is 18.1 Å². The SMILES string of the molecule is Cc1nn([C@@H]2CCS(=O)(=O)C2)c2ncc(CN[C@H](C)c3ccc4c(c3)CCCC4)cc12. The molecular formula is C24H30N4O2S. The van der Waals surface area contributed by atoms with Crippen LogP contribution < -0.4 is 5.32 Å². The highest BCUT2D eigenvalue weighted by Crippen LogP contribution is 2.28. The molecule has 0 amide bonds. The van der Waals surface area contributed by atoms with Crippen molar-refractivity contribution in [3.8, 4) is 0 Å². The van der Waals surface area contributed by atoms with Gasteiger partial charge < -0.3 is 5.32 Å². The monoisotopic (exact) mass is 438 g/mol. The van der Waals surface area contributed by atoms with Gasteiger partial charge in [-0.15, -0.1) is 0 Å². The second-order valence-electron chi connectivity index (χ2n) is 9.14. The van der Waals surface area contributed by atoms with E-state index in [1.165, 1.54) is 42.4 Å². The van der Waals surface area contributed by atoms with Crippen molar-refractivity contribution in [3.05, 3.63) is 58.4 Å². The van der Waals surface area contributed by atoms with Gasteiger partial charge in [0, 0.05) is 24.2 Å². The zero-order chi connectivity index (χ0) is 21.6. The minimum atomic E-state index is -2.96. The highest BCUT2D eigenvalue weighted by atomic mass is 32.2. The van der Waals surface area contributed by atoms with E-state index in [9.17, 15) is 8.42 Å². The van der Waals surface area contributed by atoms with E-state index >= 15 is 0 Å². The molecule has 0 unspecified atom stereocenters. The average Bonchev–Trinajstić information content (AvgIpc) is 3.30. The van der Waals surface area contributed by atoms with Gasteiger partial charge in [-0.05, 0) is 74.3 Å². The summed E-state index contributed by atoms with van der Waals surface area (Å²) in [5, 5.41) is 9.27. The topological polar surface area (TPSA) is 76.9 Å². The van der Waals surface area contributed by atoms with Gasteiger partial charge in [0.05, 0.1) is 23.2 Å². The fourth-order valence-corrected chi connectivity index (χ4v) is 6.64. The highest BCUT2D eigenvalue weighted by molar-refractivity contribution is 7.91. The summed E-state index contributed by atoms with van der Waals surface area (Å²) in [6, 6.07) is 9.22. The van der Waals surface area contributed by atoms with Crippen molar-refractivity contribution in [2.75, 3.05) is 11.5 Å². The molecule has 7 heteroatoms. The molecule has 0 saturated carbocycles. The molecule has 1 aliphatic heterocycles. The van der Waals surface area contributed by atoms with Crippen LogP contribution in [0.1, 0.15) is 66.2 Å². The third kappa shape index (κ3) is 4.13. The molecule has 5 rings (SSSR count). The molecule has 1 N–H and O–H groups in total. The fourth-order valence-electron chi connectivity index (χ4n) is 4.94. The summed E-state index contributed by atoms with van der Waals surface area (Å²) >= 11 is 0. The van der Waals surface area contributed by atoms with Crippen LogP contribution in [0.5, 0.6) is 0 Å². The van der Waals surface area contributed by atoms with Crippen molar-refractivity contribution < 1.29 is 8.42 Å². The molecule has 31 heavy (non-hydrogen) atoms. The lowest BCUT2D eigenvalue weighted by atomic mass is 9.89. The number of hydrogen-bond acceptors (Lipinski definition) is 5. The molecule has 3 heterocycles. The maximum Gasteiger partial charge on any atom is 0.158 e. The van der Waals surface area contributed by atoms with E-state index < -0.39 is 9.84 Å². The van der Waals surface area contributed by atoms with Gasteiger partial charge in [-0.3, -0.25) is 0 Å². The first-order valence-corrected chi connectivity index (χ1v) is 13.1. The molecule has 164 valence electrons. The molecule has 6 nitrogen and oxygen atoms in total. The Morgan fingerprint density at radius 2 is 2.00 bits per heavy atom. The number of nitrogens with one attached hydrogen (secondary N) is 1. The van der Waals surface area contributed by atoms with Crippen LogP contribution in [0, 0.1) is 6.92 Å². The van der Waals surface area contributed by atoms with Crippen LogP contribution in [0.2, 0.25) is 0 Å². The predicted octanol–water partition coefficient (Wildman–Crippen LogP) is 3.83. The summed E-state index contributed by atoms with van der Waals surface area (Å²) < 4.78 is 25.6. The van der Waals surface area contributed by atoms with E-state index in [1.807, 2.05) is 17.8 Å². The summed E-state index contributed by atoms with van der Waals surface area (Å²) in [6.07, 6.45) is 7.51. The molecule has 3 aromatic rings. The minimum Gasteiger partial charge on any atom is -0.306 e. The van der Waals surface area contributed by atoms with Crippen LogP contribution in [-0.2, 0) is 29.2 Å². The molecule has 1 aromatic carbocycles. The zero-order valence-corrected chi connectivity index (χ0v) is 19.1. The Bertz CT molecular complexity index is 1230. The molecule has 1 saturated heterocycles. The van der Waals surface area contributed by atoms with Crippen molar-refractivity contribution in [1.29, 1.82) is 0 Å². The lowest BCUT2D eigenvalue weighted by molar-refractivity contribution is 0.509. The van der Waals surface area contributed by atoms with Crippen LogP contribution in [0.3, 0.4) is 0 Å². The highest BCUT2D eigenvalue weighted by Gasteiger charge is 2.31. The first kappa shape index (κ1) is 20.6. The zero-order valence-electron chi connectivity index (χ0n) is 18.3. The van der Waals surface area contributed by atoms with Crippen molar-refractivity contribution in [1.82, 2.24) is 20.1 Å². The van der Waals surface area contributed by atoms with Gasteiger partial charge in [0.25, 0.3) is 0 Å². The van der Waals surface area contributed by atoms with Gasteiger partial charge >= 0.3 is 0 Å². The third-order valence-corrected chi connectivity index (χ3v) is 8.58. The fraction of sp³-hybridized carbons (Fsp3) is 0.500. The summed E-state index contributed by atoms with van der Waals surface area (Å²) in [5.74, 6) is 0.396. The van der Waals surface area contributed by atoms with Crippen LogP contribution in [0.25, 0.3) is 11.0 Å². The van der Waals surface area contributed by atoms with E-state index in [0.29, 0.717) is 6.42 Å². The minimum absolute atomic E-state index is 0.110. The van der Waals surface area contributed by atoms with Gasteiger partial charge in [-0.2, -0.15) is 5.10 Å². The molecule has 2 aromatic heterocycles. The number of benzene rings is 1. The van der Waals surface area contributed by atoms with Crippen LogP contribution >= 0.6 is 0 Å². The smallest absolute Gasteiger partial charge is 0.158 e. The van der Waals surface area contributed by atoms with E-state index in [4.69, 9.17) is 0 Å². The van der Waals surface area contributed by atoms with Crippen LogP contribution in [-0.4, -0.2) is 34.7 Å². The number of fused-ring (bicyclic) bond motifs is 2. The Morgan fingerprint density at radius 1 is 1.19 bits per heavy atom. The molecular weight excluding hydrogens is 408 g/mol. The summed E-state index contributed by atoms with van der Waals surface area (Å²) in [5.41, 5.74) is 7.15. The van der Waals surface area contributed by atoms with Crippen molar-refractivity contribution in [2.45, 2.75) is 64.6 Å². The lowest BCUT2D eigenvalue weighted by Crippen LogP contribution is -2.19. The summed E-state index contributed by atoms with van der Waals surface area (Å²) in [4.78, 5) is 4.67. The largest absolute Gasteiger partial charge is 0.306 e. The van der Waals surface area contributed by atoms with Crippen LogP contribution in [0.4, 0.5) is 0 Å². The van der Waals surface area contributed by atoms with Crippen molar-refractivity contribution in [2.24, 2.45) is 0 Å².